The summed E-state index contributed by atoms with van der Waals surface area (Å²) < 4.78 is 32.1. The van der Waals surface area contributed by atoms with Crippen molar-refractivity contribution in [1.82, 2.24) is 4.31 Å². The summed E-state index contributed by atoms with van der Waals surface area (Å²) in [6, 6.07) is 9.61. The Hall–Kier alpha value is -2.46. The molecule has 2 aromatic carbocycles. The number of amides is 1. The van der Waals surface area contributed by atoms with Crippen molar-refractivity contribution >= 4 is 39.2 Å². The molecule has 0 radical (unpaired) electrons. The van der Waals surface area contributed by atoms with Gasteiger partial charge in [0.2, 0.25) is 10.0 Å². The van der Waals surface area contributed by atoms with Crippen LogP contribution in [0.25, 0.3) is 0 Å². The number of benzene rings is 2. The highest BCUT2D eigenvalue weighted by molar-refractivity contribution is 7.89. The maximum Gasteiger partial charge on any atom is 0.335 e. The molecule has 1 aliphatic heterocycles. The van der Waals surface area contributed by atoms with E-state index in [-0.39, 0.29) is 34.1 Å². The molecule has 8 nitrogen and oxygen atoms in total. The molecule has 2 N–H and O–H groups in total. The number of carbonyl (C=O) groups excluding carboxylic acids is 1. The van der Waals surface area contributed by atoms with Crippen molar-refractivity contribution < 1.29 is 27.9 Å². The average molecular weight is 425 g/mol. The minimum Gasteiger partial charge on any atom is -0.478 e. The van der Waals surface area contributed by atoms with Gasteiger partial charge in [0.15, 0.2) is 0 Å². The predicted octanol–water partition coefficient (Wildman–Crippen LogP) is 2.31. The quantitative estimate of drug-likeness (QED) is 0.761. The lowest BCUT2D eigenvalue weighted by Gasteiger charge is -2.26. The van der Waals surface area contributed by atoms with Crippen LogP contribution in [0.2, 0.25) is 5.02 Å². The third-order valence-corrected chi connectivity index (χ3v) is 6.55. The molecule has 0 aromatic heterocycles. The molecular formula is C18H17ClN2O6S. The van der Waals surface area contributed by atoms with E-state index >= 15 is 0 Å². The first kappa shape index (κ1) is 20.3. The van der Waals surface area contributed by atoms with Crippen LogP contribution in [0.4, 0.5) is 5.69 Å². The summed E-state index contributed by atoms with van der Waals surface area (Å²) in [5.41, 5.74) is 0.574. The molecule has 2 aromatic rings. The molecule has 28 heavy (non-hydrogen) atoms. The van der Waals surface area contributed by atoms with Gasteiger partial charge in [0.25, 0.3) is 5.91 Å². The second-order valence-electron chi connectivity index (χ2n) is 6.00. The van der Waals surface area contributed by atoms with Crippen LogP contribution in [0.3, 0.4) is 0 Å². The molecule has 1 saturated heterocycles. The monoisotopic (exact) mass is 424 g/mol. The van der Waals surface area contributed by atoms with Gasteiger partial charge in [-0.15, -0.1) is 0 Å². The molecule has 1 heterocycles. The SMILES string of the molecule is O=C(O)c1ccc(NC(=O)c2ccc(Cl)c(S(=O)(=O)N3CCOCC3)c2)cc1. The number of sulfonamides is 1. The van der Waals surface area contributed by atoms with Gasteiger partial charge < -0.3 is 15.2 Å². The van der Waals surface area contributed by atoms with E-state index in [1.165, 1.54) is 46.8 Å². The van der Waals surface area contributed by atoms with Gasteiger partial charge in [0.1, 0.15) is 4.90 Å². The minimum absolute atomic E-state index is 0.0221. The Labute approximate surface area is 166 Å². The van der Waals surface area contributed by atoms with E-state index in [2.05, 4.69) is 5.32 Å². The molecule has 3 rings (SSSR count). The van der Waals surface area contributed by atoms with Gasteiger partial charge in [-0.25, -0.2) is 13.2 Å². The normalized spacial score (nSPS) is 15.2. The Balaban J connectivity index is 1.83. The van der Waals surface area contributed by atoms with Gasteiger partial charge in [-0.1, -0.05) is 11.6 Å². The first-order chi connectivity index (χ1) is 13.3. The lowest BCUT2D eigenvalue weighted by Crippen LogP contribution is -2.40. The summed E-state index contributed by atoms with van der Waals surface area (Å²) >= 11 is 6.09. The Bertz CT molecular complexity index is 1000. The molecule has 1 amide bonds. The maximum absolute atomic E-state index is 12.8. The number of aromatic carboxylic acids is 1. The van der Waals surface area contributed by atoms with E-state index in [1.807, 2.05) is 0 Å². The molecule has 1 aliphatic rings. The molecule has 1 fully saturated rings. The summed E-state index contributed by atoms with van der Waals surface area (Å²) in [6.07, 6.45) is 0. The summed E-state index contributed by atoms with van der Waals surface area (Å²) in [7, 11) is -3.86. The second-order valence-corrected chi connectivity index (χ2v) is 8.31. The van der Waals surface area contributed by atoms with Crippen LogP contribution in [0, 0.1) is 0 Å². The van der Waals surface area contributed by atoms with Gasteiger partial charge >= 0.3 is 5.97 Å². The van der Waals surface area contributed by atoms with Gasteiger partial charge in [-0.05, 0) is 42.5 Å². The molecule has 10 heteroatoms. The van der Waals surface area contributed by atoms with E-state index in [1.54, 1.807) is 0 Å². The van der Waals surface area contributed by atoms with Crippen LogP contribution in [0.1, 0.15) is 20.7 Å². The largest absolute Gasteiger partial charge is 0.478 e. The third-order valence-electron chi connectivity index (χ3n) is 4.17. The molecule has 148 valence electrons. The third kappa shape index (κ3) is 4.33. The number of hydrogen-bond acceptors (Lipinski definition) is 5. The Kier molecular flexibility index (Phi) is 5.99. The van der Waals surface area contributed by atoms with E-state index < -0.39 is 21.9 Å². The summed E-state index contributed by atoms with van der Waals surface area (Å²) in [5.74, 6) is -1.62. The highest BCUT2D eigenvalue weighted by Crippen LogP contribution is 2.27. The lowest BCUT2D eigenvalue weighted by atomic mass is 10.2. The predicted molar refractivity (Wildman–Crippen MR) is 102 cm³/mol. The van der Waals surface area contributed by atoms with Crippen molar-refractivity contribution in [3.8, 4) is 0 Å². The number of halogens is 1. The van der Waals surface area contributed by atoms with Crippen LogP contribution < -0.4 is 5.32 Å². The fourth-order valence-electron chi connectivity index (χ4n) is 2.67. The number of carbonyl (C=O) groups is 2. The number of carboxylic acids is 1. The number of rotatable bonds is 5. The van der Waals surface area contributed by atoms with E-state index in [9.17, 15) is 18.0 Å². The van der Waals surface area contributed by atoms with Crippen molar-refractivity contribution in [2.24, 2.45) is 0 Å². The van der Waals surface area contributed by atoms with Crippen molar-refractivity contribution in [1.29, 1.82) is 0 Å². The summed E-state index contributed by atoms with van der Waals surface area (Å²) in [4.78, 5) is 23.2. The zero-order valence-corrected chi connectivity index (χ0v) is 16.2. The van der Waals surface area contributed by atoms with Gasteiger partial charge in [0.05, 0.1) is 23.8 Å². The van der Waals surface area contributed by atoms with Crippen LogP contribution in [0.15, 0.2) is 47.4 Å². The molecule has 0 aliphatic carbocycles. The molecule has 0 spiro atoms. The van der Waals surface area contributed by atoms with Crippen LogP contribution in [0.5, 0.6) is 0 Å². The van der Waals surface area contributed by atoms with Gasteiger partial charge in [-0.2, -0.15) is 4.31 Å². The fourth-order valence-corrected chi connectivity index (χ4v) is 4.58. The Morgan fingerprint density at radius 1 is 1.04 bits per heavy atom. The number of ether oxygens (including phenoxy) is 1. The van der Waals surface area contributed by atoms with Crippen LogP contribution >= 0.6 is 11.6 Å². The van der Waals surface area contributed by atoms with Crippen molar-refractivity contribution in [2.45, 2.75) is 4.90 Å². The topological polar surface area (TPSA) is 113 Å². The van der Waals surface area contributed by atoms with Crippen molar-refractivity contribution in [3.63, 3.8) is 0 Å². The zero-order valence-electron chi connectivity index (χ0n) is 14.6. The molecule has 0 bridgehead atoms. The maximum atomic E-state index is 12.8. The second kappa shape index (κ2) is 8.27. The zero-order chi connectivity index (χ0) is 20.3. The Morgan fingerprint density at radius 3 is 2.25 bits per heavy atom. The molecule has 0 unspecified atom stereocenters. The Morgan fingerprint density at radius 2 is 1.64 bits per heavy atom. The first-order valence-electron chi connectivity index (χ1n) is 8.31. The first-order valence-corrected chi connectivity index (χ1v) is 10.1. The standard InChI is InChI=1S/C18H17ClN2O6S/c19-15-6-3-13(11-16(15)28(25,26)21-7-9-27-10-8-21)17(22)20-14-4-1-12(2-5-14)18(23)24/h1-6,11H,7-10H2,(H,20,22)(H,23,24). The molecular weight excluding hydrogens is 408 g/mol. The van der Waals surface area contributed by atoms with Gasteiger partial charge in [-0.3, -0.25) is 4.79 Å². The van der Waals surface area contributed by atoms with E-state index in [4.69, 9.17) is 21.4 Å². The fraction of sp³-hybridized carbons (Fsp3) is 0.222. The summed E-state index contributed by atoms with van der Waals surface area (Å²) in [5, 5.41) is 11.5. The number of carboxylic acid groups (broad SMARTS) is 1. The number of nitrogens with one attached hydrogen (secondary N) is 1. The lowest BCUT2D eigenvalue weighted by molar-refractivity contribution is 0.0696. The van der Waals surface area contributed by atoms with Crippen molar-refractivity contribution in [3.05, 3.63) is 58.6 Å². The van der Waals surface area contributed by atoms with Gasteiger partial charge in [0, 0.05) is 24.3 Å². The number of nitrogens with zero attached hydrogens (tertiary/aromatic N) is 1. The minimum atomic E-state index is -3.86. The highest BCUT2D eigenvalue weighted by atomic mass is 35.5. The number of anilines is 1. The number of morpholine rings is 1. The van der Waals surface area contributed by atoms with Crippen LogP contribution in [-0.4, -0.2) is 56.0 Å². The van der Waals surface area contributed by atoms with Crippen LogP contribution in [-0.2, 0) is 14.8 Å². The smallest absolute Gasteiger partial charge is 0.335 e. The summed E-state index contributed by atoms with van der Waals surface area (Å²) in [6.45, 7) is 1.02. The average Bonchev–Trinajstić information content (AvgIpc) is 2.69. The highest BCUT2D eigenvalue weighted by Gasteiger charge is 2.29. The van der Waals surface area contributed by atoms with E-state index in [0.717, 1.165) is 0 Å². The van der Waals surface area contributed by atoms with Crippen molar-refractivity contribution in [2.75, 3.05) is 31.6 Å². The number of hydrogen-bond donors (Lipinski definition) is 2. The molecule has 0 saturated carbocycles. The van der Waals surface area contributed by atoms with E-state index in [0.29, 0.717) is 18.9 Å². The molecule has 0 atom stereocenters.